The van der Waals surface area contributed by atoms with Crippen LogP contribution in [0.15, 0.2) is 82.0 Å². The van der Waals surface area contributed by atoms with Crippen molar-refractivity contribution in [2.75, 3.05) is 19.8 Å². The zero-order valence-electron chi connectivity index (χ0n) is 33.3. The molecule has 5 aliphatic rings. The Hall–Kier alpha value is -5.28. The van der Waals surface area contributed by atoms with Gasteiger partial charge in [-0.05, 0) is 54.1 Å². The number of carbonyl (C=O) groups excluding carboxylic acids is 1. The summed E-state index contributed by atoms with van der Waals surface area (Å²) in [7, 11) is 0. The number of hydrogen-bond acceptors (Lipinski definition) is 21. The van der Waals surface area contributed by atoms with E-state index in [1.54, 1.807) is 12.1 Å². The number of aliphatic hydroxyl groups is 10. The predicted molar refractivity (Wildman–Crippen MR) is 213 cm³/mol. The Morgan fingerprint density at radius 1 is 0.625 bits per heavy atom. The average Bonchev–Trinajstić information content (AvgIpc) is 3.28. The van der Waals surface area contributed by atoms with Crippen LogP contribution >= 0.6 is 0 Å². The topological polar surface area (TPSA) is 359 Å². The highest BCUT2D eigenvalue weighted by Gasteiger charge is 2.53. The number of ether oxygens (including phenoxy) is 7. The van der Waals surface area contributed by atoms with Gasteiger partial charge in [0.25, 0.3) is 0 Å². The van der Waals surface area contributed by atoms with Crippen LogP contribution in [0, 0.1) is 0 Å². The number of phenolic OH excluding ortho intramolecular Hbond substituents is 2. The fraction of sp³-hybridized carbons (Fsp3) is 0.429. The van der Waals surface area contributed by atoms with E-state index in [0.29, 0.717) is 5.56 Å². The Kier molecular flexibility index (Phi) is 14.5. The van der Waals surface area contributed by atoms with E-state index in [1.807, 2.05) is 0 Å². The van der Waals surface area contributed by atoms with Crippen LogP contribution in [0.5, 0.6) is 23.0 Å². The Bertz CT molecular complexity index is 2240. The highest BCUT2D eigenvalue weighted by Crippen LogP contribution is 2.43. The molecule has 64 heavy (non-hydrogen) atoms. The van der Waals surface area contributed by atoms with Gasteiger partial charge in [0.2, 0.25) is 19.2 Å². The average molecular weight is 904 g/mol. The highest BCUT2D eigenvalue weighted by atomic mass is 16.8. The molecule has 1 aliphatic carbocycles. The van der Waals surface area contributed by atoms with Crippen LogP contribution < -0.4 is 14.9 Å². The molecule has 0 spiro atoms. The molecule has 0 aromatic heterocycles. The summed E-state index contributed by atoms with van der Waals surface area (Å²) in [6, 6.07) is 14.6. The first kappa shape index (κ1) is 46.7. The van der Waals surface area contributed by atoms with Gasteiger partial charge in [0.05, 0.1) is 24.9 Å². The molecule has 0 saturated carbocycles. The van der Waals surface area contributed by atoms with Crippen molar-refractivity contribution >= 4 is 12.0 Å². The molecule has 22 nitrogen and oxygen atoms in total. The summed E-state index contributed by atoms with van der Waals surface area (Å²) in [6.45, 7) is -2.28. The third-order valence-electron chi connectivity index (χ3n) is 10.7. The molecule has 0 amide bonds. The summed E-state index contributed by atoms with van der Waals surface area (Å²) in [5.74, 6) is -1.74. The van der Waals surface area contributed by atoms with Crippen LogP contribution in [0.4, 0.5) is 0 Å². The number of esters is 1. The second kappa shape index (κ2) is 19.9. The van der Waals surface area contributed by atoms with Crippen molar-refractivity contribution in [1.82, 2.24) is 0 Å². The highest BCUT2D eigenvalue weighted by molar-refractivity contribution is 5.88. The quantitative estimate of drug-likeness (QED) is 0.0367. The predicted octanol–water partition coefficient (Wildman–Crippen LogP) is -2.76. The molecule has 3 saturated heterocycles. The second-order valence-electron chi connectivity index (χ2n) is 15.1. The van der Waals surface area contributed by atoms with Crippen LogP contribution in [0.1, 0.15) is 5.56 Å². The molecule has 4 heterocycles. The van der Waals surface area contributed by atoms with E-state index in [4.69, 9.17) is 37.6 Å². The SMILES string of the molecule is O=c1cc2oc(-c3ccc(O)cc3)c(O[C@@H]3O[C@@H](COC(=[OH+])C=Cc4ccc(O)cc4)[C@@H](O)[C@H](O)[C@H]3O[C@@H]3O[C@@H](CO)[C@@H](O)[C@H](O)[C@@H]3O)cc-2c(O[C@@H]2O[C@@H](CO)[C@@H](O)[C@H](O)[C@H]2O)c1. The lowest BCUT2D eigenvalue weighted by atomic mass is 9.97. The molecule has 2 aromatic carbocycles. The summed E-state index contributed by atoms with van der Waals surface area (Å²) in [6.07, 6.45) is -24.3. The first-order chi connectivity index (χ1) is 30.6. The van der Waals surface area contributed by atoms with E-state index >= 15 is 0 Å². The Morgan fingerprint density at radius 2 is 1.17 bits per heavy atom. The molecule has 3 fully saturated rings. The van der Waals surface area contributed by atoms with E-state index in [-0.39, 0.29) is 45.6 Å². The van der Waals surface area contributed by atoms with Gasteiger partial charge < -0.3 is 104 Å². The minimum absolute atomic E-state index is 0.0141. The normalized spacial score (nSPS) is 33.2. The maximum atomic E-state index is 13.0. The summed E-state index contributed by atoms with van der Waals surface area (Å²) in [5.41, 5.74) is 0.0434. The summed E-state index contributed by atoms with van der Waals surface area (Å²) in [4.78, 5) is 23.5. The molecular weight excluding hydrogens is 856 g/mol. The van der Waals surface area contributed by atoms with Gasteiger partial charge in [-0.2, -0.15) is 0 Å². The molecule has 15 atom stereocenters. The van der Waals surface area contributed by atoms with Crippen molar-refractivity contribution in [2.24, 2.45) is 0 Å². The zero-order valence-corrected chi connectivity index (χ0v) is 33.3. The van der Waals surface area contributed by atoms with Gasteiger partial charge in [-0.3, -0.25) is 4.79 Å². The van der Waals surface area contributed by atoms with E-state index < -0.39 is 123 Å². The van der Waals surface area contributed by atoms with Gasteiger partial charge in [-0.25, -0.2) is 0 Å². The smallest absolute Gasteiger partial charge is 0.508 e. The maximum Gasteiger partial charge on any atom is 0.510 e. The van der Waals surface area contributed by atoms with Crippen LogP contribution in [0.3, 0.4) is 0 Å². The van der Waals surface area contributed by atoms with Gasteiger partial charge in [-0.1, -0.05) is 12.1 Å². The van der Waals surface area contributed by atoms with Crippen molar-refractivity contribution in [3.05, 3.63) is 88.6 Å². The summed E-state index contributed by atoms with van der Waals surface area (Å²) in [5, 5.41) is 125. The first-order valence-corrected chi connectivity index (χ1v) is 19.7. The first-order valence-electron chi connectivity index (χ1n) is 19.7. The Balaban J connectivity index is 1.26. The molecule has 0 bridgehead atoms. The lowest BCUT2D eigenvalue weighted by Gasteiger charge is -2.45. The fourth-order valence-electron chi connectivity index (χ4n) is 7.16. The van der Waals surface area contributed by atoms with E-state index in [1.165, 1.54) is 48.5 Å². The summed E-state index contributed by atoms with van der Waals surface area (Å²) >= 11 is 0. The van der Waals surface area contributed by atoms with Crippen LogP contribution in [-0.4, -0.2) is 184 Å². The van der Waals surface area contributed by atoms with Crippen LogP contribution in [-0.2, 0) is 23.7 Å². The third kappa shape index (κ3) is 10.00. The second-order valence-corrected chi connectivity index (χ2v) is 15.1. The monoisotopic (exact) mass is 903 g/mol. The standard InChI is InChI=1S/C42H46O22/c43-14-26-30(49)33(52)36(55)40(61-26)59-24-12-21(47)11-23-22(24)13-25(38(58-23)18-4-8-20(46)9-5-18)60-42-39(64-41-37(56)34(53)31(50)27(15-44)62-41)35(54)32(51)28(63-42)16-57-29(48)10-3-17-1-6-19(45)7-2-17/h1-13,26-28,30-37,39-46,49-56H,14-16H2/p+1/t26-,27-,28-,30+,31+,32+,33-,34-,35-,36+,37-,39+,40+,41-,42+/m0/s1. The van der Waals surface area contributed by atoms with Crippen LogP contribution in [0.25, 0.3) is 28.7 Å². The Labute approximate surface area is 361 Å². The van der Waals surface area contributed by atoms with E-state index in [2.05, 4.69) is 0 Å². The molecule has 4 aliphatic heterocycles. The third-order valence-corrected chi connectivity index (χ3v) is 10.7. The maximum absolute atomic E-state index is 13.0. The van der Waals surface area contributed by atoms with E-state index in [9.17, 15) is 70.9 Å². The Morgan fingerprint density at radius 3 is 1.80 bits per heavy atom. The number of aromatic hydroxyl groups is 2. The largest absolute Gasteiger partial charge is 0.510 e. The molecule has 7 rings (SSSR count). The molecule has 0 radical (unpaired) electrons. The lowest BCUT2D eigenvalue weighted by molar-refractivity contribution is -0.357. The molecule has 13 N–H and O–H groups in total. The minimum Gasteiger partial charge on any atom is -0.508 e. The van der Waals surface area contributed by atoms with Crippen molar-refractivity contribution in [1.29, 1.82) is 0 Å². The number of phenols is 2. The molecule has 22 heteroatoms. The molecular formula is C42H47O22+. The van der Waals surface area contributed by atoms with Gasteiger partial charge in [0.15, 0.2) is 35.4 Å². The molecule has 2 aromatic rings. The van der Waals surface area contributed by atoms with Crippen molar-refractivity contribution in [2.45, 2.75) is 92.1 Å². The number of fused-ring (bicyclic) bond motifs is 1. The number of benzene rings is 3. The number of aliphatic hydroxyl groups excluding tert-OH is 10. The van der Waals surface area contributed by atoms with Crippen molar-refractivity contribution in [3.63, 3.8) is 0 Å². The number of hydrogen-bond donors (Lipinski definition) is 12. The van der Waals surface area contributed by atoms with Crippen LogP contribution in [0.2, 0.25) is 0 Å². The van der Waals surface area contributed by atoms with Gasteiger partial charge in [0.1, 0.15) is 84.0 Å². The van der Waals surface area contributed by atoms with Crippen molar-refractivity contribution in [3.8, 4) is 45.6 Å². The van der Waals surface area contributed by atoms with Gasteiger partial charge >= 0.3 is 5.97 Å². The minimum atomic E-state index is -2.02. The molecule has 0 unspecified atom stereocenters. The van der Waals surface area contributed by atoms with E-state index in [0.717, 1.165) is 18.2 Å². The van der Waals surface area contributed by atoms with Crippen molar-refractivity contribution < 1.29 is 104 Å². The summed E-state index contributed by atoms with van der Waals surface area (Å²) < 4.78 is 46.8. The van der Waals surface area contributed by atoms with Gasteiger partial charge in [0, 0.05) is 17.7 Å². The fourth-order valence-corrected chi connectivity index (χ4v) is 7.16. The lowest BCUT2D eigenvalue weighted by Crippen LogP contribution is -2.65. The number of rotatable bonds is 13. The molecule has 346 valence electrons. The zero-order chi connectivity index (χ0) is 46.0. The van der Waals surface area contributed by atoms with Gasteiger partial charge in [-0.15, -0.1) is 0 Å².